The third-order valence-corrected chi connectivity index (χ3v) is 4.99. The number of amides is 3. The molecule has 2 N–H and O–H groups in total. The summed E-state index contributed by atoms with van der Waals surface area (Å²) in [6, 6.07) is 4.93. The van der Waals surface area contributed by atoms with Gasteiger partial charge >= 0.3 is 11.8 Å². The maximum atomic E-state index is 13.0. The molecule has 3 amide bonds. The number of likely N-dealkylation sites (N-methyl/N-ethyl adjacent to an activating group) is 2. The van der Waals surface area contributed by atoms with E-state index < -0.39 is 46.6 Å². The molecule has 0 saturated heterocycles. The molecule has 2 rings (SSSR count). The zero-order valence-electron chi connectivity index (χ0n) is 18.5. The molecule has 0 radical (unpaired) electrons. The van der Waals surface area contributed by atoms with E-state index in [0.29, 0.717) is 5.56 Å². The highest BCUT2D eigenvalue weighted by molar-refractivity contribution is 6.34. The number of hydrogen-bond acceptors (Lipinski definition) is 6. The van der Waals surface area contributed by atoms with Crippen LogP contribution in [0.15, 0.2) is 29.1 Å². The maximum Gasteiger partial charge on any atom is 0.312 e. The molecule has 1 heterocycles. The van der Waals surface area contributed by atoms with Gasteiger partial charge in [0.1, 0.15) is 11.6 Å². The van der Waals surface area contributed by atoms with Gasteiger partial charge in [0.15, 0.2) is 5.69 Å². The molecule has 32 heavy (non-hydrogen) atoms. The number of halogens is 1. The molecule has 1 aromatic carbocycles. The number of aromatic nitrogens is 2. The average Bonchev–Trinajstić information content (AvgIpc) is 2.76. The van der Waals surface area contributed by atoms with Crippen LogP contribution in [0.5, 0.6) is 5.75 Å². The molecule has 11 heteroatoms. The van der Waals surface area contributed by atoms with Crippen molar-refractivity contribution in [3.05, 3.63) is 57.5 Å². The van der Waals surface area contributed by atoms with E-state index in [0.717, 1.165) is 9.47 Å². The number of nitrogens with zero attached hydrogens (tertiary/aromatic N) is 4. The van der Waals surface area contributed by atoms with Gasteiger partial charge in [-0.3, -0.25) is 23.7 Å². The first-order valence-corrected chi connectivity index (χ1v) is 9.74. The van der Waals surface area contributed by atoms with Gasteiger partial charge in [-0.1, -0.05) is 12.1 Å². The van der Waals surface area contributed by atoms with Gasteiger partial charge in [0.05, 0.1) is 0 Å². The molecule has 0 aliphatic carbocycles. The van der Waals surface area contributed by atoms with Crippen LogP contribution >= 0.6 is 0 Å². The quantitative estimate of drug-likeness (QED) is 0.602. The summed E-state index contributed by atoms with van der Waals surface area (Å²) in [5, 5.41) is 12.7. The molecule has 0 aliphatic rings. The zero-order valence-corrected chi connectivity index (χ0v) is 18.5. The predicted octanol–water partition coefficient (Wildman–Crippen LogP) is 0.0326. The van der Waals surface area contributed by atoms with Crippen LogP contribution in [-0.4, -0.2) is 69.4 Å². The summed E-state index contributed by atoms with van der Waals surface area (Å²) in [6.45, 7) is 1.69. The fraction of sp³-hybridized carbons (Fsp3) is 0.381. The number of carbonyl (C=O) groups is 3. The van der Waals surface area contributed by atoms with Crippen molar-refractivity contribution in [1.29, 1.82) is 0 Å². The van der Waals surface area contributed by atoms with E-state index in [1.54, 1.807) is 6.92 Å². The monoisotopic (exact) mass is 447 g/mol. The molecule has 0 fully saturated rings. The van der Waals surface area contributed by atoms with Crippen LogP contribution in [0.2, 0.25) is 0 Å². The smallest absolute Gasteiger partial charge is 0.312 e. The fourth-order valence-corrected chi connectivity index (χ4v) is 2.79. The maximum absolute atomic E-state index is 13.0. The van der Waals surface area contributed by atoms with Gasteiger partial charge in [-0.05, 0) is 24.6 Å². The molecule has 0 aliphatic heterocycles. The van der Waals surface area contributed by atoms with Crippen molar-refractivity contribution in [2.75, 3.05) is 21.1 Å². The highest BCUT2D eigenvalue weighted by atomic mass is 19.1. The molecule has 1 atom stereocenters. The summed E-state index contributed by atoms with van der Waals surface area (Å²) in [5.74, 6) is -3.31. The molecular formula is C21H26FN5O5. The van der Waals surface area contributed by atoms with Crippen LogP contribution < -0.4 is 10.9 Å². The Morgan fingerprint density at radius 3 is 2.31 bits per heavy atom. The summed E-state index contributed by atoms with van der Waals surface area (Å²) < 4.78 is 14.1. The van der Waals surface area contributed by atoms with E-state index in [9.17, 15) is 28.7 Å². The summed E-state index contributed by atoms with van der Waals surface area (Å²) in [5.41, 5.74) is -0.675. The van der Waals surface area contributed by atoms with Gasteiger partial charge in [-0.2, -0.15) is 0 Å². The van der Waals surface area contributed by atoms with Crippen molar-refractivity contribution in [2.24, 2.45) is 7.05 Å². The van der Waals surface area contributed by atoms with Gasteiger partial charge in [-0.15, -0.1) is 0 Å². The average molecular weight is 447 g/mol. The van der Waals surface area contributed by atoms with E-state index in [1.807, 2.05) is 0 Å². The lowest BCUT2D eigenvalue weighted by Crippen LogP contribution is -2.45. The van der Waals surface area contributed by atoms with Crippen molar-refractivity contribution in [1.82, 2.24) is 24.7 Å². The Balaban J connectivity index is 2.23. The van der Waals surface area contributed by atoms with Crippen molar-refractivity contribution in [3.8, 4) is 5.75 Å². The summed E-state index contributed by atoms with van der Waals surface area (Å²) in [4.78, 5) is 55.6. The molecular weight excluding hydrogens is 421 g/mol. The Morgan fingerprint density at radius 2 is 1.75 bits per heavy atom. The number of carbonyl (C=O) groups excluding carboxylic acids is 3. The van der Waals surface area contributed by atoms with Crippen molar-refractivity contribution in [2.45, 2.75) is 25.9 Å². The molecule has 0 bridgehead atoms. The third-order valence-electron chi connectivity index (χ3n) is 4.99. The summed E-state index contributed by atoms with van der Waals surface area (Å²) >= 11 is 0. The SMILES string of the molecule is CC(Cc1nc(C(=O)NCc2ccc(F)cc2)c(O)c(=O)n1C)N(C)C(=O)C(=O)N(C)C. The van der Waals surface area contributed by atoms with Crippen LogP contribution in [0, 0.1) is 5.82 Å². The largest absolute Gasteiger partial charge is 0.501 e. The topological polar surface area (TPSA) is 125 Å². The van der Waals surface area contributed by atoms with Gasteiger partial charge in [-0.25, -0.2) is 9.37 Å². The lowest BCUT2D eigenvalue weighted by Gasteiger charge is -2.26. The number of benzene rings is 1. The van der Waals surface area contributed by atoms with E-state index in [2.05, 4.69) is 10.3 Å². The molecule has 1 unspecified atom stereocenters. The van der Waals surface area contributed by atoms with Crippen molar-refractivity contribution < 1.29 is 23.9 Å². The van der Waals surface area contributed by atoms with Crippen molar-refractivity contribution in [3.63, 3.8) is 0 Å². The highest BCUT2D eigenvalue weighted by Crippen LogP contribution is 2.13. The second-order valence-corrected chi connectivity index (χ2v) is 7.57. The molecule has 0 spiro atoms. The van der Waals surface area contributed by atoms with Crippen LogP contribution in [0.1, 0.15) is 28.8 Å². The van der Waals surface area contributed by atoms with E-state index >= 15 is 0 Å². The number of aromatic hydroxyl groups is 1. The second kappa shape index (κ2) is 10.0. The molecule has 0 saturated carbocycles. The Labute approximate surface area is 184 Å². The molecule has 2 aromatic rings. The fourth-order valence-electron chi connectivity index (χ4n) is 2.79. The lowest BCUT2D eigenvalue weighted by molar-refractivity contribution is -0.150. The van der Waals surface area contributed by atoms with E-state index in [4.69, 9.17) is 0 Å². The van der Waals surface area contributed by atoms with E-state index in [-0.39, 0.29) is 18.8 Å². The minimum absolute atomic E-state index is 0.0328. The molecule has 1 aromatic heterocycles. The number of nitrogens with one attached hydrogen (secondary N) is 1. The molecule has 172 valence electrons. The Hall–Kier alpha value is -3.76. The van der Waals surface area contributed by atoms with Gasteiger partial charge in [0, 0.05) is 47.2 Å². The summed E-state index contributed by atoms with van der Waals surface area (Å²) in [6.07, 6.45) is 0.0488. The van der Waals surface area contributed by atoms with Gasteiger partial charge in [0.25, 0.3) is 11.5 Å². The standard InChI is InChI=1S/C21H26FN5O5/c1-12(26(4)21(32)20(31)25(2)3)10-15-24-16(17(28)19(30)27(15)5)18(29)23-11-13-6-8-14(22)9-7-13/h6-9,12,28H,10-11H2,1-5H3,(H,23,29). The predicted molar refractivity (Wildman–Crippen MR) is 113 cm³/mol. The Kier molecular flexibility index (Phi) is 7.68. The summed E-state index contributed by atoms with van der Waals surface area (Å²) in [7, 11) is 5.74. The second-order valence-electron chi connectivity index (χ2n) is 7.57. The normalized spacial score (nSPS) is 11.6. The number of hydrogen-bond donors (Lipinski definition) is 2. The first-order chi connectivity index (χ1) is 14.9. The van der Waals surface area contributed by atoms with Gasteiger partial charge < -0.3 is 20.2 Å². The van der Waals surface area contributed by atoms with Crippen molar-refractivity contribution >= 4 is 17.7 Å². The number of rotatable bonds is 6. The third kappa shape index (κ3) is 5.48. The van der Waals surface area contributed by atoms with Crippen LogP contribution in [0.25, 0.3) is 0 Å². The Bertz CT molecular complexity index is 1080. The lowest BCUT2D eigenvalue weighted by atomic mass is 10.1. The van der Waals surface area contributed by atoms with Gasteiger partial charge in [0.2, 0.25) is 5.75 Å². The minimum atomic E-state index is -0.826. The van der Waals surface area contributed by atoms with Crippen LogP contribution in [0.4, 0.5) is 4.39 Å². The van der Waals surface area contributed by atoms with E-state index in [1.165, 1.54) is 57.4 Å². The highest BCUT2D eigenvalue weighted by Gasteiger charge is 2.26. The minimum Gasteiger partial charge on any atom is -0.501 e. The first-order valence-electron chi connectivity index (χ1n) is 9.74. The molecule has 10 nitrogen and oxygen atoms in total. The van der Waals surface area contributed by atoms with Crippen LogP contribution in [-0.2, 0) is 29.6 Å². The Morgan fingerprint density at radius 1 is 1.16 bits per heavy atom. The van der Waals surface area contributed by atoms with Crippen LogP contribution in [0.3, 0.4) is 0 Å². The zero-order chi connectivity index (χ0) is 24.2. The first kappa shape index (κ1) is 24.5.